The number of aliphatic hydroxyl groups excluding tert-OH is 1. The predicted molar refractivity (Wildman–Crippen MR) is 66.3 cm³/mol. The van der Waals surface area contributed by atoms with Crippen LogP contribution in [-0.2, 0) is 4.79 Å². The van der Waals surface area contributed by atoms with Crippen molar-refractivity contribution < 1.29 is 9.90 Å². The minimum Gasteiger partial charge on any atom is -0.396 e. The molecule has 0 aromatic rings. The second-order valence-electron chi connectivity index (χ2n) is 4.47. The van der Waals surface area contributed by atoms with Gasteiger partial charge in [-0.3, -0.25) is 4.79 Å². The maximum Gasteiger partial charge on any atom is 0.222 e. The lowest BCUT2D eigenvalue weighted by molar-refractivity contribution is -0.133. The third-order valence-corrected chi connectivity index (χ3v) is 2.62. The van der Waals surface area contributed by atoms with E-state index in [1.54, 1.807) is 0 Å². The second kappa shape index (κ2) is 8.53. The molecule has 1 atom stereocenters. The number of aliphatic hydroxyl groups is 1. The summed E-state index contributed by atoms with van der Waals surface area (Å²) in [7, 11) is 4.03. The van der Waals surface area contributed by atoms with Crippen LogP contribution >= 0.6 is 0 Å². The highest BCUT2D eigenvalue weighted by Gasteiger charge is 2.18. The Balaban J connectivity index is 4.09. The Morgan fingerprint density at radius 1 is 1.31 bits per heavy atom. The molecule has 0 heterocycles. The number of carbonyl (C=O) groups is 1. The van der Waals surface area contributed by atoms with Crippen molar-refractivity contribution >= 4 is 5.91 Å². The van der Waals surface area contributed by atoms with Gasteiger partial charge in [-0.15, -0.1) is 0 Å². The van der Waals surface area contributed by atoms with E-state index in [-0.39, 0.29) is 18.6 Å². The van der Waals surface area contributed by atoms with E-state index < -0.39 is 0 Å². The monoisotopic (exact) mass is 230 g/mol. The molecule has 1 unspecified atom stereocenters. The van der Waals surface area contributed by atoms with E-state index in [0.717, 1.165) is 19.5 Å². The van der Waals surface area contributed by atoms with Gasteiger partial charge in [0.15, 0.2) is 0 Å². The number of hydrogen-bond acceptors (Lipinski definition) is 3. The summed E-state index contributed by atoms with van der Waals surface area (Å²) in [6.45, 7) is 5.91. The molecule has 0 aliphatic heterocycles. The van der Waals surface area contributed by atoms with Crippen LogP contribution in [0.3, 0.4) is 0 Å². The normalized spacial score (nSPS) is 12.9. The summed E-state index contributed by atoms with van der Waals surface area (Å²) < 4.78 is 0. The molecule has 0 aromatic carbocycles. The average Bonchev–Trinajstić information content (AvgIpc) is 2.18. The highest BCUT2D eigenvalue weighted by molar-refractivity contribution is 5.76. The zero-order valence-electron chi connectivity index (χ0n) is 11.1. The van der Waals surface area contributed by atoms with Crippen LogP contribution < -0.4 is 0 Å². The van der Waals surface area contributed by atoms with Gasteiger partial charge in [-0.05, 0) is 40.8 Å². The number of amides is 1. The van der Waals surface area contributed by atoms with Gasteiger partial charge in [-0.2, -0.15) is 0 Å². The molecule has 0 spiro atoms. The molecule has 0 aliphatic carbocycles. The number of nitrogens with zero attached hydrogens (tertiary/aromatic N) is 2. The molecule has 0 aromatic heterocycles. The van der Waals surface area contributed by atoms with Crippen molar-refractivity contribution in [3.05, 3.63) is 0 Å². The molecule has 96 valence electrons. The Morgan fingerprint density at radius 3 is 2.38 bits per heavy atom. The zero-order valence-corrected chi connectivity index (χ0v) is 11.1. The molecule has 1 amide bonds. The molecule has 4 nitrogen and oxygen atoms in total. The molecule has 4 heteroatoms. The summed E-state index contributed by atoms with van der Waals surface area (Å²) in [4.78, 5) is 15.9. The summed E-state index contributed by atoms with van der Waals surface area (Å²) in [6, 6.07) is 0.252. The van der Waals surface area contributed by atoms with Gasteiger partial charge in [-0.1, -0.05) is 0 Å². The van der Waals surface area contributed by atoms with Crippen LogP contribution in [0.5, 0.6) is 0 Å². The number of rotatable bonds is 8. The van der Waals surface area contributed by atoms with Gasteiger partial charge in [-0.25, -0.2) is 0 Å². The van der Waals surface area contributed by atoms with Crippen LogP contribution in [0.2, 0.25) is 0 Å². The number of hydrogen-bond donors (Lipinski definition) is 1. The van der Waals surface area contributed by atoms with Gasteiger partial charge in [0.2, 0.25) is 5.91 Å². The van der Waals surface area contributed by atoms with Crippen molar-refractivity contribution in [2.24, 2.45) is 0 Å². The lowest BCUT2D eigenvalue weighted by atomic mass is 10.2. The third kappa shape index (κ3) is 6.08. The van der Waals surface area contributed by atoms with Crippen LogP contribution in [0.15, 0.2) is 0 Å². The molecule has 16 heavy (non-hydrogen) atoms. The van der Waals surface area contributed by atoms with E-state index in [0.29, 0.717) is 12.8 Å². The molecule has 0 saturated carbocycles. The summed E-state index contributed by atoms with van der Waals surface area (Å²) >= 11 is 0. The third-order valence-electron chi connectivity index (χ3n) is 2.62. The zero-order chi connectivity index (χ0) is 12.6. The standard InChI is InChI=1S/C12H26N2O2/c1-5-14(11(2)10-13(3)4)12(16)8-6-7-9-15/h11,15H,5-10H2,1-4H3. The summed E-state index contributed by atoms with van der Waals surface area (Å²) in [5, 5.41) is 8.67. The van der Waals surface area contributed by atoms with Gasteiger partial charge < -0.3 is 14.9 Å². The highest BCUT2D eigenvalue weighted by atomic mass is 16.3. The molecule has 0 saturated heterocycles. The second-order valence-corrected chi connectivity index (χ2v) is 4.47. The van der Waals surface area contributed by atoms with Crippen LogP contribution in [0.25, 0.3) is 0 Å². The van der Waals surface area contributed by atoms with E-state index in [1.165, 1.54) is 0 Å². The SMILES string of the molecule is CCN(C(=O)CCCCO)C(C)CN(C)C. The van der Waals surface area contributed by atoms with Crippen molar-refractivity contribution in [3.8, 4) is 0 Å². The van der Waals surface area contributed by atoms with Crippen LogP contribution in [0.4, 0.5) is 0 Å². The van der Waals surface area contributed by atoms with E-state index >= 15 is 0 Å². The fraction of sp³-hybridized carbons (Fsp3) is 0.917. The topological polar surface area (TPSA) is 43.8 Å². The quantitative estimate of drug-likeness (QED) is 0.631. The maximum absolute atomic E-state index is 11.9. The van der Waals surface area contributed by atoms with Crippen LogP contribution in [0.1, 0.15) is 33.1 Å². The van der Waals surface area contributed by atoms with Gasteiger partial charge in [0.25, 0.3) is 0 Å². The highest BCUT2D eigenvalue weighted by Crippen LogP contribution is 2.06. The molecule has 0 fully saturated rings. The van der Waals surface area contributed by atoms with Crippen LogP contribution in [0, 0.1) is 0 Å². The first-order chi connectivity index (χ1) is 7.52. The van der Waals surface area contributed by atoms with Crippen molar-refractivity contribution in [2.75, 3.05) is 33.8 Å². The van der Waals surface area contributed by atoms with Gasteiger partial charge >= 0.3 is 0 Å². The van der Waals surface area contributed by atoms with E-state index in [9.17, 15) is 4.79 Å². The number of likely N-dealkylation sites (N-methyl/N-ethyl adjacent to an activating group) is 2. The van der Waals surface area contributed by atoms with E-state index in [1.807, 2.05) is 25.9 Å². The first kappa shape index (κ1) is 15.4. The van der Waals surface area contributed by atoms with Crippen molar-refractivity contribution in [2.45, 2.75) is 39.2 Å². The van der Waals surface area contributed by atoms with Gasteiger partial charge in [0.1, 0.15) is 0 Å². The van der Waals surface area contributed by atoms with E-state index in [4.69, 9.17) is 5.11 Å². The Kier molecular flexibility index (Phi) is 8.21. The minimum absolute atomic E-state index is 0.173. The summed E-state index contributed by atoms with van der Waals surface area (Å²) in [5.74, 6) is 0.199. The molecule has 1 N–H and O–H groups in total. The molecule has 0 bridgehead atoms. The fourth-order valence-corrected chi connectivity index (χ4v) is 1.89. The van der Waals surface area contributed by atoms with Crippen molar-refractivity contribution in [3.63, 3.8) is 0 Å². The summed E-state index contributed by atoms with van der Waals surface area (Å²) in [5.41, 5.74) is 0. The first-order valence-electron chi connectivity index (χ1n) is 6.08. The van der Waals surface area contributed by atoms with Crippen molar-refractivity contribution in [1.82, 2.24) is 9.80 Å². The fourth-order valence-electron chi connectivity index (χ4n) is 1.89. The van der Waals surface area contributed by atoms with Gasteiger partial charge in [0.05, 0.1) is 0 Å². The lowest BCUT2D eigenvalue weighted by Gasteiger charge is -2.30. The Hall–Kier alpha value is -0.610. The first-order valence-corrected chi connectivity index (χ1v) is 6.08. The smallest absolute Gasteiger partial charge is 0.222 e. The molecule has 0 aliphatic rings. The number of unbranched alkanes of at least 4 members (excludes halogenated alkanes) is 1. The Labute approximate surface area is 99.2 Å². The Morgan fingerprint density at radius 2 is 1.94 bits per heavy atom. The molecule has 0 radical (unpaired) electrons. The predicted octanol–water partition coefficient (Wildman–Crippen LogP) is 0.948. The lowest BCUT2D eigenvalue weighted by Crippen LogP contribution is -2.43. The average molecular weight is 230 g/mol. The molecular formula is C12H26N2O2. The molecule has 0 rings (SSSR count). The number of carbonyl (C=O) groups excluding carboxylic acids is 1. The summed E-state index contributed by atoms with van der Waals surface area (Å²) in [6.07, 6.45) is 2.04. The van der Waals surface area contributed by atoms with Crippen LogP contribution in [-0.4, -0.2) is 60.6 Å². The minimum atomic E-state index is 0.173. The maximum atomic E-state index is 11.9. The largest absolute Gasteiger partial charge is 0.396 e. The molecular weight excluding hydrogens is 204 g/mol. The van der Waals surface area contributed by atoms with Crippen molar-refractivity contribution in [1.29, 1.82) is 0 Å². The Bertz CT molecular complexity index is 195. The van der Waals surface area contributed by atoms with Gasteiger partial charge in [0, 0.05) is 32.2 Å². The van der Waals surface area contributed by atoms with E-state index in [2.05, 4.69) is 11.8 Å².